The molecule has 12 heavy (non-hydrogen) atoms. The second-order valence-electron chi connectivity index (χ2n) is 2.50. The van der Waals surface area contributed by atoms with E-state index in [0.29, 0.717) is 19.6 Å². The summed E-state index contributed by atoms with van der Waals surface area (Å²) in [6.45, 7) is 3.96. The fourth-order valence-corrected chi connectivity index (χ4v) is 0.589. The van der Waals surface area contributed by atoms with Gasteiger partial charge >= 0.3 is 0 Å². The Morgan fingerprint density at radius 1 is 1.58 bits per heavy atom. The zero-order valence-corrected chi connectivity index (χ0v) is 7.45. The summed E-state index contributed by atoms with van der Waals surface area (Å²) in [6.07, 6.45) is 2.23. The number of hydrogen-bond donors (Lipinski definition) is 3. The van der Waals surface area contributed by atoms with Crippen LogP contribution in [-0.4, -0.2) is 35.5 Å². The van der Waals surface area contributed by atoms with Gasteiger partial charge < -0.3 is 15.1 Å². The number of oxime groups is 1. The van der Waals surface area contributed by atoms with E-state index < -0.39 is 5.91 Å². The molecule has 0 aliphatic heterocycles. The van der Waals surface area contributed by atoms with Crippen LogP contribution in [0.4, 0.5) is 0 Å². The molecule has 0 heterocycles. The molecule has 0 fully saturated rings. The minimum atomic E-state index is -1.80. The highest BCUT2D eigenvalue weighted by Gasteiger charge is 2.11. The summed E-state index contributed by atoms with van der Waals surface area (Å²) in [7, 11) is 0. The molecule has 5 heteroatoms. The molecule has 0 radical (unpaired) electrons. The molecular formula is C7H16N2O3. The lowest BCUT2D eigenvalue weighted by Gasteiger charge is -2.16. The molecule has 0 aromatic rings. The van der Waals surface area contributed by atoms with Crippen LogP contribution >= 0.6 is 0 Å². The van der Waals surface area contributed by atoms with E-state index in [1.807, 2.05) is 0 Å². The molecule has 72 valence electrons. The van der Waals surface area contributed by atoms with Crippen molar-refractivity contribution in [2.45, 2.75) is 26.2 Å². The van der Waals surface area contributed by atoms with Gasteiger partial charge in [-0.15, -0.1) is 0 Å². The first-order valence-electron chi connectivity index (χ1n) is 3.86. The Bertz CT molecular complexity index is 131. The van der Waals surface area contributed by atoms with Gasteiger partial charge in [0.25, 0.3) is 0 Å². The van der Waals surface area contributed by atoms with E-state index in [1.54, 1.807) is 13.1 Å². The predicted molar refractivity (Wildman–Crippen MR) is 45.6 cm³/mol. The van der Waals surface area contributed by atoms with Crippen molar-refractivity contribution >= 4 is 6.21 Å². The Morgan fingerprint density at radius 2 is 2.25 bits per heavy atom. The summed E-state index contributed by atoms with van der Waals surface area (Å²) in [6, 6.07) is 0. The van der Waals surface area contributed by atoms with Crippen LogP contribution in [0.25, 0.3) is 0 Å². The minimum Gasteiger partial charge on any atom is -0.396 e. The average Bonchev–Trinajstić information content (AvgIpc) is 1.94. The Labute approximate surface area is 72.0 Å². The molecule has 0 unspecified atom stereocenters. The first kappa shape index (κ1) is 11.4. The standard InChI is InChI=1S/C7H16N2O3/c1-3-9-12-6-4-5-8-7(2,10)11/h3,8,10-11H,4-6H2,1-2H3/b9-3+. The van der Waals surface area contributed by atoms with E-state index in [1.165, 1.54) is 6.92 Å². The lowest BCUT2D eigenvalue weighted by molar-refractivity contribution is -0.169. The van der Waals surface area contributed by atoms with Gasteiger partial charge in [-0.25, -0.2) is 0 Å². The van der Waals surface area contributed by atoms with Crippen molar-refractivity contribution in [2.24, 2.45) is 5.16 Å². The lowest BCUT2D eigenvalue weighted by Crippen LogP contribution is -2.42. The van der Waals surface area contributed by atoms with Crippen LogP contribution in [-0.2, 0) is 4.84 Å². The summed E-state index contributed by atoms with van der Waals surface area (Å²) in [5.74, 6) is -1.80. The summed E-state index contributed by atoms with van der Waals surface area (Å²) in [4.78, 5) is 4.76. The van der Waals surface area contributed by atoms with Crippen LogP contribution in [0.5, 0.6) is 0 Å². The van der Waals surface area contributed by atoms with E-state index in [2.05, 4.69) is 10.5 Å². The van der Waals surface area contributed by atoms with E-state index in [-0.39, 0.29) is 0 Å². The molecule has 0 aliphatic carbocycles. The third kappa shape index (κ3) is 9.35. The van der Waals surface area contributed by atoms with Crippen molar-refractivity contribution in [3.8, 4) is 0 Å². The number of nitrogens with one attached hydrogen (secondary N) is 1. The number of rotatable bonds is 6. The average molecular weight is 176 g/mol. The van der Waals surface area contributed by atoms with Gasteiger partial charge in [-0.3, -0.25) is 5.32 Å². The maximum Gasteiger partial charge on any atom is 0.219 e. The van der Waals surface area contributed by atoms with Crippen LogP contribution < -0.4 is 5.32 Å². The maximum absolute atomic E-state index is 8.79. The third-order valence-corrected chi connectivity index (χ3v) is 1.05. The topological polar surface area (TPSA) is 74.1 Å². The summed E-state index contributed by atoms with van der Waals surface area (Å²) in [5.41, 5.74) is 0. The molecule has 0 rings (SSSR count). The molecule has 0 aromatic heterocycles. The van der Waals surface area contributed by atoms with E-state index in [4.69, 9.17) is 15.1 Å². The minimum absolute atomic E-state index is 0.466. The molecule has 0 atom stereocenters. The number of nitrogens with zero attached hydrogens (tertiary/aromatic N) is 1. The van der Waals surface area contributed by atoms with Crippen molar-refractivity contribution in [2.75, 3.05) is 13.2 Å². The SMILES string of the molecule is C/C=N/OCCCNC(C)(O)O. The number of hydrogen-bond acceptors (Lipinski definition) is 5. The van der Waals surface area contributed by atoms with Gasteiger partial charge in [0.1, 0.15) is 6.61 Å². The molecule has 0 amide bonds. The molecule has 0 spiro atoms. The highest BCUT2D eigenvalue weighted by atomic mass is 16.6. The van der Waals surface area contributed by atoms with E-state index in [9.17, 15) is 0 Å². The molecule has 0 saturated heterocycles. The Balaban J connectivity index is 3.11. The molecule has 0 saturated carbocycles. The number of aliphatic hydroxyl groups is 2. The second-order valence-corrected chi connectivity index (χ2v) is 2.50. The van der Waals surface area contributed by atoms with E-state index >= 15 is 0 Å². The molecule has 0 aliphatic rings. The summed E-state index contributed by atoms with van der Waals surface area (Å²) >= 11 is 0. The van der Waals surface area contributed by atoms with Gasteiger partial charge in [0.05, 0.1) is 0 Å². The fourth-order valence-electron chi connectivity index (χ4n) is 0.589. The zero-order valence-electron chi connectivity index (χ0n) is 7.45. The highest BCUT2D eigenvalue weighted by Crippen LogP contribution is 1.90. The molecular weight excluding hydrogens is 160 g/mol. The van der Waals surface area contributed by atoms with Crippen LogP contribution in [0.1, 0.15) is 20.3 Å². The highest BCUT2D eigenvalue weighted by molar-refractivity contribution is 5.52. The van der Waals surface area contributed by atoms with Crippen LogP contribution in [0, 0.1) is 0 Å². The van der Waals surface area contributed by atoms with Crippen molar-refractivity contribution in [3.05, 3.63) is 0 Å². The van der Waals surface area contributed by atoms with Gasteiger partial charge in [0, 0.05) is 19.7 Å². The van der Waals surface area contributed by atoms with Crippen LogP contribution in [0.3, 0.4) is 0 Å². The van der Waals surface area contributed by atoms with E-state index in [0.717, 1.165) is 0 Å². The zero-order chi connectivity index (χ0) is 9.45. The molecule has 3 N–H and O–H groups in total. The lowest BCUT2D eigenvalue weighted by atomic mass is 10.4. The smallest absolute Gasteiger partial charge is 0.219 e. The quantitative estimate of drug-likeness (QED) is 0.224. The van der Waals surface area contributed by atoms with Crippen molar-refractivity contribution < 1.29 is 15.1 Å². The first-order valence-corrected chi connectivity index (χ1v) is 3.86. The summed E-state index contributed by atoms with van der Waals surface area (Å²) < 4.78 is 0. The molecule has 0 aromatic carbocycles. The van der Waals surface area contributed by atoms with Crippen molar-refractivity contribution in [1.82, 2.24) is 5.32 Å². The fraction of sp³-hybridized carbons (Fsp3) is 0.857. The molecule has 0 bridgehead atoms. The normalized spacial score (nSPS) is 12.3. The molecule has 5 nitrogen and oxygen atoms in total. The van der Waals surface area contributed by atoms with Gasteiger partial charge in [-0.1, -0.05) is 5.16 Å². The monoisotopic (exact) mass is 176 g/mol. The van der Waals surface area contributed by atoms with Crippen LogP contribution in [0.2, 0.25) is 0 Å². The predicted octanol–water partition coefficient (Wildman–Crippen LogP) is -0.353. The largest absolute Gasteiger partial charge is 0.396 e. The van der Waals surface area contributed by atoms with Crippen molar-refractivity contribution in [3.63, 3.8) is 0 Å². The van der Waals surface area contributed by atoms with Gasteiger partial charge in [-0.05, 0) is 13.3 Å². The van der Waals surface area contributed by atoms with Gasteiger partial charge in [0.15, 0.2) is 0 Å². The van der Waals surface area contributed by atoms with Gasteiger partial charge in [-0.2, -0.15) is 0 Å². The Hall–Kier alpha value is -0.650. The van der Waals surface area contributed by atoms with Crippen LogP contribution in [0.15, 0.2) is 5.16 Å². The second kappa shape index (κ2) is 5.93. The summed E-state index contributed by atoms with van der Waals surface area (Å²) in [5, 5.41) is 23.6. The van der Waals surface area contributed by atoms with Gasteiger partial charge in [0.2, 0.25) is 5.91 Å². The third-order valence-electron chi connectivity index (χ3n) is 1.05. The van der Waals surface area contributed by atoms with Crippen molar-refractivity contribution in [1.29, 1.82) is 0 Å². The maximum atomic E-state index is 8.79. The first-order chi connectivity index (χ1) is 5.56. The Kier molecular flexibility index (Phi) is 5.61. The Morgan fingerprint density at radius 3 is 2.75 bits per heavy atom.